The van der Waals surface area contributed by atoms with E-state index < -0.39 is 26.6 Å². The average Bonchev–Trinajstić information content (AvgIpc) is 3.33. The second kappa shape index (κ2) is 51.5. The Morgan fingerprint density at radius 3 is 1.32 bits per heavy atom. The van der Waals surface area contributed by atoms with E-state index in [9.17, 15) is 19.0 Å². The number of amides is 1. The molecule has 0 aliphatic carbocycles. The smallest absolute Gasteiger partial charge is 0.306 e. The van der Waals surface area contributed by atoms with Gasteiger partial charge in [0.05, 0.1) is 33.8 Å². The van der Waals surface area contributed by atoms with Gasteiger partial charge in [0.15, 0.2) is 0 Å². The number of hydrogen-bond donors (Lipinski definition) is 1. The van der Waals surface area contributed by atoms with Crippen LogP contribution in [0.3, 0.4) is 0 Å². The first-order chi connectivity index (χ1) is 34.4. The minimum Gasteiger partial charge on any atom is -0.756 e. The highest BCUT2D eigenvalue weighted by Gasteiger charge is 2.27. The third kappa shape index (κ3) is 52.6. The number of phosphoric ester groups is 1. The predicted molar refractivity (Wildman–Crippen MR) is 302 cm³/mol. The van der Waals surface area contributed by atoms with Gasteiger partial charge in [0.25, 0.3) is 7.82 Å². The van der Waals surface area contributed by atoms with Crippen LogP contribution in [-0.4, -0.2) is 69.4 Å². The molecular weight excluding hydrogens is 904 g/mol. The summed E-state index contributed by atoms with van der Waals surface area (Å²) in [5.74, 6) is -0.549. The highest BCUT2D eigenvalue weighted by atomic mass is 31.2. The Hall–Kier alpha value is -2.03. The van der Waals surface area contributed by atoms with Crippen LogP contribution in [0.15, 0.2) is 48.6 Å². The van der Waals surface area contributed by atoms with E-state index in [0.29, 0.717) is 17.4 Å². The number of rotatable bonds is 54. The molecule has 0 saturated heterocycles. The van der Waals surface area contributed by atoms with Crippen molar-refractivity contribution < 1.29 is 37.3 Å². The van der Waals surface area contributed by atoms with Crippen LogP contribution in [0.25, 0.3) is 0 Å². The van der Waals surface area contributed by atoms with E-state index in [2.05, 4.69) is 62.5 Å². The van der Waals surface area contributed by atoms with Gasteiger partial charge in [-0.25, -0.2) is 0 Å². The van der Waals surface area contributed by atoms with Crippen LogP contribution >= 0.6 is 7.82 Å². The summed E-state index contributed by atoms with van der Waals surface area (Å²) < 4.78 is 30.3. The molecule has 0 aromatic heterocycles. The Bertz CT molecular complexity index is 1360. The molecule has 1 N–H and O–H groups in total. The van der Waals surface area contributed by atoms with Crippen molar-refractivity contribution in [3.8, 4) is 0 Å². The zero-order valence-corrected chi connectivity index (χ0v) is 48.3. The van der Waals surface area contributed by atoms with Crippen LogP contribution in [0.1, 0.15) is 278 Å². The number of likely N-dealkylation sites (N-methyl/N-ethyl adjacent to an activating group) is 1. The topological polar surface area (TPSA) is 114 Å². The molecule has 0 aliphatic rings. The quantitative estimate of drug-likeness (QED) is 0.0212. The zero-order valence-electron chi connectivity index (χ0n) is 47.4. The molecule has 0 aromatic carbocycles. The fraction of sp³-hybridized carbons (Fsp3) is 0.836. The van der Waals surface area contributed by atoms with Gasteiger partial charge < -0.3 is 28.5 Å². The van der Waals surface area contributed by atoms with E-state index >= 15 is 0 Å². The molecule has 0 saturated carbocycles. The molecule has 0 heterocycles. The first-order valence-electron chi connectivity index (χ1n) is 29.9. The number of esters is 1. The monoisotopic (exact) mass is 1020 g/mol. The Labute approximate surface area is 439 Å². The van der Waals surface area contributed by atoms with Crippen LogP contribution in [0.2, 0.25) is 0 Å². The number of nitrogens with zero attached hydrogens (tertiary/aromatic N) is 1. The number of hydrogen-bond acceptors (Lipinski definition) is 7. The lowest BCUT2D eigenvalue weighted by Crippen LogP contribution is -2.47. The molecule has 0 aliphatic heterocycles. The average molecular weight is 1020 g/mol. The summed E-state index contributed by atoms with van der Waals surface area (Å²) in [6.45, 7) is 6.81. The van der Waals surface area contributed by atoms with Gasteiger partial charge in [-0.05, 0) is 89.5 Å². The summed E-state index contributed by atoms with van der Waals surface area (Å²) >= 11 is 0. The first kappa shape index (κ1) is 69.0. The van der Waals surface area contributed by atoms with Crippen LogP contribution in [0, 0.1) is 0 Å². The van der Waals surface area contributed by atoms with E-state index in [1.807, 2.05) is 33.3 Å². The molecule has 3 unspecified atom stereocenters. The molecule has 0 spiro atoms. The van der Waals surface area contributed by atoms with Crippen molar-refractivity contribution in [3.63, 3.8) is 0 Å². The lowest BCUT2D eigenvalue weighted by atomic mass is 10.0. The van der Waals surface area contributed by atoms with Crippen molar-refractivity contribution in [2.45, 2.75) is 290 Å². The predicted octanol–water partition coefficient (Wildman–Crippen LogP) is 17.5. The number of allylic oxidation sites excluding steroid dienone is 7. The molecule has 0 radical (unpaired) electrons. The van der Waals surface area contributed by atoms with Gasteiger partial charge in [-0.2, -0.15) is 0 Å². The maximum Gasteiger partial charge on any atom is 0.306 e. The van der Waals surface area contributed by atoms with Gasteiger partial charge in [0, 0.05) is 12.8 Å². The molecule has 416 valence electrons. The molecule has 3 atom stereocenters. The van der Waals surface area contributed by atoms with Crippen LogP contribution in [-0.2, 0) is 27.9 Å². The van der Waals surface area contributed by atoms with Crippen molar-refractivity contribution in [2.24, 2.45) is 0 Å². The van der Waals surface area contributed by atoms with Gasteiger partial charge in [0.1, 0.15) is 19.3 Å². The third-order valence-corrected chi connectivity index (χ3v) is 14.2. The highest BCUT2D eigenvalue weighted by Crippen LogP contribution is 2.38. The summed E-state index contributed by atoms with van der Waals surface area (Å²) in [6.07, 6.45) is 62.0. The maximum atomic E-state index is 13.5. The van der Waals surface area contributed by atoms with Crippen molar-refractivity contribution in [2.75, 3.05) is 40.9 Å². The first-order valence-corrected chi connectivity index (χ1v) is 31.4. The molecule has 71 heavy (non-hydrogen) atoms. The lowest BCUT2D eigenvalue weighted by Gasteiger charge is -2.30. The number of nitrogens with one attached hydrogen (secondary N) is 1. The molecule has 10 heteroatoms. The summed E-state index contributed by atoms with van der Waals surface area (Å²) in [6, 6.07) is -0.893. The van der Waals surface area contributed by atoms with Crippen molar-refractivity contribution >= 4 is 19.7 Å². The second-order valence-corrected chi connectivity index (χ2v) is 22.9. The summed E-state index contributed by atoms with van der Waals surface area (Å²) in [4.78, 5) is 39.9. The van der Waals surface area contributed by atoms with Crippen LogP contribution < -0.4 is 10.2 Å². The lowest BCUT2D eigenvalue weighted by molar-refractivity contribution is -0.870. The molecule has 0 bridgehead atoms. The fourth-order valence-electron chi connectivity index (χ4n) is 8.55. The van der Waals surface area contributed by atoms with Gasteiger partial charge >= 0.3 is 5.97 Å². The minimum absolute atomic E-state index is 0.0245. The normalized spacial score (nSPS) is 14.1. The molecule has 9 nitrogen and oxygen atoms in total. The van der Waals surface area contributed by atoms with Crippen molar-refractivity contribution in [1.29, 1.82) is 0 Å². The minimum atomic E-state index is -4.70. The van der Waals surface area contributed by atoms with Crippen LogP contribution in [0.5, 0.6) is 0 Å². The standard InChI is InChI=1S/C61H115N2O7P/c1-7-10-13-16-19-22-25-28-30-31-33-35-38-41-44-47-50-53-60(64)62-58(57-69-71(66,67)68-56-55-63(4,5)6)59(52-49-46-43-40-37-34-27-24-21-18-15-12-9-3)70-61(65)54-51-48-45-42-39-36-32-29-26-23-20-17-14-11-8-2/h19,22-23,26,28,30,49,52,58-59H,7-18,20-21,24-25,27,29,31-48,50-51,53-57H2,1-6H3,(H-,62,64,66,67)/b22-19-,26-23-,30-28-,52-49+. The third-order valence-electron chi connectivity index (χ3n) is 13.2. The fourth-order valence-corrected chi connectivity index (χ4v) is 9.27. The summed E-state index contributed by atoms with van der Waals surface area (Å²) in [5, 5.41) is 3.02. The van der Waals surface area contributed by atoms with E-state index in [0.717, 1.165) is 89.9 Å². The number of quaternary nitrogens is 1. The summed E-state index contributed by atoms with van der Waals surface area (Å²) in [7, 11) is 1.18. The number of carbonyl (C=O) groups excluding carboxylic acids is 2. The van der Waals surface area contributed by atoms with E-state index in [-0.39, 0.29) is 24.9 Å². The zero-order chi connectivity index (χ0) is 52.2. The van der Waals surface area contributed by atoms with Crippen molar-refractivity contribution in [1.82, 2.24) is 5.32 Å². The SMILES string of the molecule is CCCCC/C=C\C/C=C\CCCCCCCCCC(=O)NC(COP(=O)([O-])OCC[N+](C)(C)C)C(/C=C/CCCCCCCCCCCCC)OC(=O)CCCCCCCCC/C=C\CCCCCC. The number of unbranched alkanes of at least 4 members (excludes halogenated alkanes) is 32. The Kier molecular flexibility index (Phi) is 50.0. The number of phosphoric acid groups is 1. The summed E-state index contributed by atoms with van der Waals surface area (Å²) in [5.41, 5.74) is 0. The molecule has 0 rings (SSSR count). The largest absolute Gasteiger partial charge is 0.756 e. The van der Waals surface area contributed by atoms with Gasteiger partial charge in [-0.1, -0.05) is 224 Å². The molecule has 1 amide bonds. The highest BCUT2D eigenvalue weighted by molar-refractivity contribution is 7.45. The van der Waals surface area contributed by atoms with Crippen molar-refractivity contribution in [3.05, 3.63) is 48.6 Å². The van der Waals surface area contributed by atoms with E-state index in [4.69, 9.17) is 13.8 Å². The van der Waals surface area contributed by atoms with Gasteiger partial charge in [-0.3, -0.25) is 14.2 Å². The molecule has 0 aromatic rings. The molecule has 0 fully saturated rings. The van der Waals surface area contributed by atoms with Gasteiger partial charge in [0.2, 0.25) is 5.91 Å². The molecular formula is C61H115N2O7P. The van der Waals surface area contributed by atoms with E-state index in [1.165, 1.54) is 154 Å². The Morgan fingerprint density at radius 1 is 0.493 bits per heavy atom. The number of carbonyl (C=O) groups is 2. The maximum absolute atomic E-state index is 13.5. The second-order valence-electron chi connectivity index (χ2n) is 21.5. The van der Waals surface area contributed by atoms with Crippen LogP contribution in [0.4, 0.5) is 0 Å². The van der Waals surface area contributed by atoms with E-state index in [1.54, 1.807) is 0 Å². The Morgan fingerprint density at radius 2 is 0.859 bits per heavy atom. The number of ether oxygens (including phenoxy) is 1. The van der Waals surface area contributed by atoms with Gasteiger partial charge in [-0.15, -0.1) is 0 Å². The Balaban J connectivity index is 5.35.